The van der Waals surface area contributed by atoms with Gasteiger partial charge in [-0.15, -0.1) is 10.2 Å². The van der Waals surface area contributed by atoms with Crippen LogP contribution in [0, 0.1) is 0 Å². The molecule has 25 heavy (non-hydrogen) atoms. The van der Waals surface area contributed by atoms with Gasteiger partial charge < -0.3 is 9.32 Å². The number of benzene rings is 1. The first kappa shape index (κ1) is 16.9. The number of aromatic nitrogens is 4. The van der Waals surface area contributed by atoms with E-state index < -0.39 is 0 Å². The number of aryl methyl sites for hydroxylation is 1. The summed E-state index contributed by atoms with van der Waals surface area (Å²) in [5, 5.41) is 12.0. The minimum absolute atomic E-state index is 0.180. The van der Waals surface area contributed by atoms with E-state index in [-0.39, 0.29) is 12.1 Å². The molecular formula is C18H21N5O2. The Balaban J connectivity index is 1.65. The fourth-order valence-corrected chi connectivity index (χ4v) is 2.45. The number of rotatable bonds is 7. The zero-order valence-electron chi connectivity index (χ0n) is 14.4. The van der Waals surface area contributed by atoms with Gasteiger partial charge in [0.2, 0.25) is 11.8 Å². The molecule has 2 heterocycles. The Kier molecular flexibility index (Phi) is 5.23. The van der Waals surface area contributed by atoms with Crippen molar-refractivity contribution >= 4 is 5.69 Å². The molecule has 7 nitrogen and oxygen atoms in total. The molecule has 0 aliphatic carbocycles. The van der Waals surface area contributed by atoms with E-state index in [4.69, 9.17) is 4.42 Å². The van der Waals surface area contributed by atoms with Crippen LogP contribution >= 0.6 is 0 Å². The summed E-state index contributed by atoms with van der Waals surface area (Å²) in [7, 11) is 1.95. The molecule has 0 unspecified atom stereocenters. The van der Waals surface area contributed by atoms with E-state index >= 15 is 0 Å². The number of hydrogen-bond acceptors (Lipinski definition) is 6. The zero-order valence-corrected chi connectivity index (χ0v) is 14.4. The minimum Gasteiger partial charge on any atom is -0.423 e. The molecule has 3 rings (SSSR count). The van der Waals surface area contributed by atoms with Gasteiger partial charge in [0.25, 0.3) is 5.56 Å². The number of anilines is 1. The summed E-state index contributed by atoms with van der Waals surface area (Å²) in [5.41, 5.74) is 1.86. The lowest BCUT2D eigenvalue weighted by Gasteiger charge is -2.19. The molecule has 0 fully saturated rings. The maximum absolute atomic E-state index is 12.3. The van der Waals surface area contributed by atoms with Gasteiger partial charge in [-0.2, -0.15) is 5.10 Å². The highest BCUT2D eigenvalue weighted by molar-refractivity contribution is 5.42. The maximum Gasteiger partial charge on any atom is 0.269 e. The Morgan fingerprint density at radius 1 is 1.16 bits per heavy atom. The number of likely N-dealkylation sites (N-methyl/N-ethyl adjacent to an activating group) is 1. The van der Waals surface area contributed by atoms with Crippen molar-refractivity contribution in [3.05, 3.63) is 70.3 Å². The van der Waals surface area contributed by atoms with Crippen molar-refractivity contribution in [2.75, 3.05) is 18.5 Å². The van der Waals surface area contributed by atoms with Crippen molar-refractivity contribution < 1.29 is 4.42 Å². The molecule has 3 aromatic rings. The summed E-state index contributed by atoms with van der Waals surface area (Å²) >= 11 is 0. The monoisotopic (exact) mass is 339 g/mol. The highest BCUT2D eigenvalue weighted by Gasteiger charge is 2.09. The summed E-state index contributed by atoms with van der Waals surface area (Å²) < 4.78 is 6.75. The molecule has 0 saturated heterocycles. The van der Waals surface area contributed by atoms with Crippen molar-refractivity contribution in [1.82, 2.24) is 20.0 Å². The average molecular weight is 339 g/mol. The SMILES string of the molecule is CCc1nnc(Cn2ncc(N(C)CCc3ccccc3)cc2=O)o1. The standard InChI is InChI=1S/C18H21N5O2/c1-3-16-20-21-17(25-16)13-23-18(24)11-15(12-19-23)22(2)10-9-14-7-5-4-6-8-14/h4-8,11-12H,3,9-10,13H2,1-2H3. The molecule has 0 spiro atoms. The quantitative estimate of drug-likeness (QED) is 0.654. The molecule has 7 heteroatoms. The lowest BCUT2D eigenvalue weighted by molar-refractivity contribution is 0.428. The third-order valence-electron chi connectivity index (χ3n) is 3.97. The van der Waals surface area contributed by atoms with Crippen molar-refractivity contribution in [2.24, 2.45) is 0 Å². The summed E-state index contributed by atoms with van der Waals surface area (Å²) in [6, 6.07) is 11.8. The van der Waals surface area contributed by atoms with Crippen LogP contribution in [0.15, 0.2) is 51.8 Å². The van der Waals surface area contributed by atoms with Crippen LogP contribution in [0.1, 0.15) is 24.3 Å². The maximum atomic E-state index is 12.3. The third-order valence-corrected chi connectivity index (χ3v) is 3.97. The Hall–Kier alpha value is -2.96. The van der Waals surface area contributed by atoms with E-state index in [1.165, 1.54) is 10.2 Å². The lowest BCUT2D eigenvalue weighted by Crippen LogP contribution is -2.27. The minimum atomic E-state index is -0.194. The molecule has 1 aromatic carbocycles. The number of nitrogens with zero attached hydrogens (tertiary/aromatic N) is 5. The molecule has 0 amide bonds. The van der Waals surface area contributed by atoms with Gasteiger partial charge in [-0.05, 0) is 12.0 Å². The largest absolute Gasteiger partial charge is 0.423 e. The second-order valence-electron chi connectivity index (χ2n) is 5.81. The predicted molar refractivity (Wildman–Crippen MR) is 94.7 cm³/mol. The van der Waals surface area contributed by atoms with Crippen LogP contribution in [0.3, 0.4) is 0 Å². The average Bonchev–Trinajstić information content (AvgIpc) is 3.10. The van der Waals surface area contributed by atoms with E-state index in [2.05, 4.69) is 27.4 Å². The summed E-state index contributed by atoms with van der Waals surface area (Å²) in [4.78, 5) is 14.3. The topological polar surface area (TPSA) is 77.1 Å². The van der Waals surface area contributed by atoms with Gasteiger partial charge in [-0.1, -0.05) is 37.3 Å². The second kappa shape index (κ2) is 7.74. The predicted octanol–water partition coefficient (Wildman–Crippen LogP) is 1.92. The zero-order chi connectivity index (χ0) is 17.6. The van der Waals surface area contributed by atoms with Gasteiger partial charge in [0.1, 0.15) is 6.54 Å². The molecular weight excluding hydrogens is 318 g/mol. The fraction of sp³-hybridized carbons (Fsp3) is 0.333. The summed E-state index contributed by atoms with van der Waals surface area (Å²) in [6.07, 6.45) is 3.26. The first-order valence-electron chi connectivity index (χ1n) is 8.29. The van der Waals surface area contributed by atoms with Gasteiger partial charge in [0.15, 0.2) is 0 Å². The normalized spacial score (nSPS) is 10.8. The molecule has 0 aliphatic rings. The molecule has 0 atom stereocenters. The van der Waals surface area contributed by atoms with Crippen molar-refractivity contribution in [3.8, 4) is 0 Å². The Morgan fingerprint density at radius 2 is 1.92 bits per heavy atom. The second-order valence-corrected chi connectivity index (χ2v) is 5.81. The molecule has 2 aromatic heterocycles. The smallest absolute Gasteiger partial charge is 0.269 e. The molecule has 0 N–H and O–H groups in total. The van der Waals surface area contributed by atoms with Crippen molar-refractivity contribution in [2.45, 2.75) is 26.3 Å². The first-order valence-corrected chi connectivity index (χ1v) is 8.29. The molecule has 0 radical (unpaired) electrons. The Morgan fingerprint density at radius 3 is 2.60 bits per heavy atom. The fourth-order valence-electron chi connectivity index (χ4n) is 2.45. The highest BCUT2D eigenvalue weighted by Crippen LogP contribution is 2.09. The van der Waals surface area contributed by atoms with E-state index in [0.29, 0.717) is 18.2 Å². The van der Waals surface area contributed by atoms with Crippen molar-refractivity contribution in [1.29, 1.82) is 0 Å². The Labute approximate surface area is 145 Å². The molecule has 0 saturated carbocycles. The molecule has 0 aliphatic heterocycles. The van der Waals surface area contributed by atoms with Gasteiger partial charge in [0, 0.05) is 26.1 Å². The summed E-state index contributed by atoms with van der Waals surface area (Å²) in [6.45, 7) is 2.92. The molecule has 130 valence electrons. The van der Waals surface area contributed by atoms with Gasteiger partial charge >= 0.3 is 0 Å². The summed E-state index contributed by atoms with van der Waals surface area (Å²) in [5.74, 6) is 0.942. The van der Waals surface area contributed by atoms with Crippen LogP contribution in [0.4, 0.5) is 5.69 Å². The number of hydrogen-bond donors (Lipinski definition) is 0. The van der Waals surface area contributed by atoms with E-state index in [1.807, 2.05) is 37.1 Å². The Bertz CT molecular complexity index is 872. The highest BCUT2D eigenvalue weighted by atomic mass is 16.4. The van der Waals surface area contributed by atoms with Gasteiger partial charge in [-0.3, -0.25) is 4.79 Å². The van der Waals surface area contributed by atoms with E-state index in [9.17, 15) is 4.79 Å². The van der Waals surface area contributed by atoms with Crippen LogP contribution in [0.25, 0.3) is 0 Å². The van der Waals surface area contributed by atoms with Crippen LogP contribution in [0.5, 0.6) is 0 Å². The van der Waals surface area contributed by atoms with E-state index in [1.54, 1.807) is 12.3 Å². The van der Waals surface area contributed by atoms with Crippen LogP contribution in [-0.4, -0.2) is 33.6 Å². The van der Waals surface area contributed by atoms with Gasteiger partial charge in [-0.25, -0.2) is 4.68 Å². The molecule has 0 bridgehead atoms. The van der Waals surface area contributed by atoms with Crippen LogP contribution in [0.2, 0.25) is 0 Å². The first-order chi connectivity index (χ1) is 12.2. The lowest BCUT2D eigenvalue weighted by atomic mass is 10.1. The van der Waals surface area contributed by atoms with Crippen LogP contribution < -0.4 is 10.5 Å². The van der Waals surface area contributed by atoms with Crippen LogP contribution in [-0.2, 0) is 19.4 Å². The third kappa shape index (κ3) is 4.32. The van der Waals surface area contributed by atoms with Gasteiger partial charge in [0.05, 0.1) is 11.9 Å². The van der Waals surface area contributed by atoms with E-state index in [0.717, 1.165) is 18.7 Å². The van der Waals surface area contributed by atoms with Crippen molar-refractivity contribution in [3.63, 3.8) is 0 Å².